The van der Waals surface area contributed by atoms with E-state index in [-0.39, 0.29) is 5.56 Å². The van der Waals surface area contributed by atoms with Crippen molar-refractivity contribution in [1.29, 1.82) is 0 Å². The third-order valence-corrected chi connectivity index (χ3v) is 3.37. The van der Waals surface area contributed by atoms with Crippen molar-refractivity contribution in [2.24, 2.45) is 0 Å². The average Bonchev–Trinajstić information content (AvgIpc) is 2.94. The van der Waals surface area contributed by atoms with Crippen LogP contribution in [-0.4, -0.2) is 19.6 Å². The lowest BCUT2D eigenvalue weighted by Gasteiger charge is -1.98. The van der Waals surface area contributed by atoms with Crippen LogP contribution in [0.1, 0.15) is 17.7 Å². The van der Waals surface area contributed by atoms with Gasteiger partial charge in [-0.1, -0.05) is 0 Å². The topological polar surface area (TPSA) is 63.0 Å². The molecule has 1 N–H and O–H groups in total. The Bertz CT molecular complexity index is 799. The van der Waals surface area contributed by atoms with Crippen LogP contribution in [0.15, 0.2) is 23.1 Å². The zero-order valence-electron chi connectivity index (χ0n) is 9.10. The van der Waals surface area contributed by atoms with Crippen LogP contribution >= 0.6 is 0 Å². The van der Waals surface area contributed by atoms with E-state index >= 15 is 0 Å². The minimum atomic E-state index is 0.0282. The highest BCUT2D eigenvalue weighted by molar-refractivity contribution is 5.89. The fourth-order valence-electron chi connectivity index (χ4n) is 2.56. The number of fused-ring (bicyclic) bond motifs is 4. The van der Waals surface area contributed by atoms with Gasteiger partial charge in [-0.05, 0) is 31.4 Å². The molecule has 3 heterocycles. The first-order valence-electron chi connectivity index (χ1n) is 5.72. The summed E-state index contributed by atoms with van der Waals surface area (Å²) in [4.78, 5) is 21.1. The maximum atomic E-state index is 12.3. The van der Waals surface area contributed by atoms with Crippen LogP contribution in [0.2, 0.25) is 0 Å². The van der Waals surface area contributed by atoms with E-state index in [0.29, 0.717) is 11.3 Å². The SMILES string of the molecule is O=c1c2c(nc3c4cccnc4[nH]n13)CCC2. The highest BCUT2D eigenvalue weighted by atomic mass is 16.1. The minimum Gasteiger partial charge on any atom is -0.272 e. The highest BCUT2D eigenvalue weighted by Crippen LogP contribution is 2.20. The Morgan fingerprint density at radius 3 is 3.24 bits per heavy atom. The summed E-state index contributed by atoms with van der Waals surface area (Å²) in [6.45, 7) is 0. The number of nitrogens with zero attached hydrogens (tertiary/aromatic N) is 3. The zero-order chi connectivity index (χ0) is 11.4. The van der Waals surface area contributed by atoms with Crippen LogP contribution in [0.3, 0.4) is 0 Å². The fraction of sp³-hybridized carbons (Fsp3) is 0.250. The third kappa shape index (κ3) is 1.06. The van der Waals surface area contributed by atoms with E-state index < -0.39 is 0 Å². The molecule has 5 heteroatoms. The number of nitrogens with one attached hydrogen (secondary N) is 1. The molecule has 3 aromatic heterocycles. The number of aromatic nitrogens is 4. The average molecular weight is 226 g/mol. The molecule has 4 rings (SSSR count). The Morgan fingerprint density at radius 2 is 2.29 bits per heavy atom. The maximum Gasteiger partial charge on any atom is 0.276 e. The van der Waals surface area contributed by atoms with Crippen LogP contribution in [0, 0.1) is 0 Å². The van der Waals surface area contributed by atoms with E-state index in [1.54, 1.807) is 6.20 Å². The Morgan fingerprint density at radius 1 is 1.35 bits per heavy atom. The summed E-state index contributed by atoms with van der Waals surface area (Å²) in [5.74, 6) is 0. The van der Waals surface area contributed by atoms with Crippen molar-refractivity contribution in [2.75, 3.05) is 0 Å². The predicted molar refractivity (Wildman–Crippen MR) is 63.1 cm³/mol. The van der Waals surface area contributed by atoms with E-state index in [2.05, 4.69) is 15.1 Å². The molecule has 0 amide bonds. The molecule has 0 radical (unpaired) electrons. The summed E-state index contributed by atoms with van der Waals surface area (Å²) in [6, 6.07) is 3.79. The van der Waals surface area contributed by atoms with Crippen molar-refractivity contribution in [3.8, 4) is 0 Å². The van der Waals surface area contributed by atoms with Crippen LogP contribution in [-0.2, 0) is 12.8 Å². The molecule has 1 aliphatic carbocycles. The molecule has 0 bridgehead atoms. The highest BCUT2D eigenvalue weighted by Gasteiger charge is 2.19. The number of rotatable bonds is 0. The van der Waals surface area contributed by atoms with Gasteiger partial charge in [0.15, 0.2) is 11.3 Å². The number of hydrogen-bond donors (Lipinski definition) is 1. The van der Waals surface area contributed by atoms with E-state index in [0.717, 1.165) is 35.9 Å². The van der Waals surface area contributed by atoms with Gasteiger partial charge >= 0.3 is 0 Å². The van der Waals surface area contributed by atoms with Crippen molar-refractivity contribution in [1.82, 2.24) is 19.6 Å². The Kier molecular flexibility index (Phi) is 1.54. The van der Waals surface area contributed by atoms with Crippen molar-refractivity contribution in [2.45, 2.75) is 19.3 Å². The largest absolute Gasteiger partial charge is 0.276 e. The van der Waals surface area contributed by atoms with Crippen molar-refractivity contribution >= 4 is 16.7 Å². The second kappa shape index (κ2) is 2.94. The molecule has 0 spiro atoms. The number of H-pyrrole nitrogens is 1. The van der Waals surface area contributed by atoms with Crippen LogP contribution in [0.25, 0.3) is 16.7 Å². The van der Waals surface area contributed by atoms with Crippen molar-refractivity contribution in [3.63, 3.8) is 0 Å². The van der Waals surface area contributed by atoms with E-state index in [1.807, 2.05) is 12.1 Å². The molecular formula is C12H10N4O. The van der Waals surface area contributed by atoms with Gasteiger partial charge in [0.05, 0.1) is 11.1 Å². The number of aromatic amines is 1. The van der Waals surface area contributed by atoms with Crippen molar-refractivity contribution in [3.05, 3.63) is 39.9 Å². The molecule has 0 fully saturated rings. The monoisotopic (exact) mass is 226 g/mol. The lowest BCUT2D eigenvalue weighted by Crippen LogP contribution is -2.19. The number of hydrogen-bond acceptors (Lipinski definition) is 3. The predicted octanol–water partition coefficient (Wildman–Crippen LogP) is 1.06. The molecule has 5 nitrogen and oxygen atoms in total. The van der Waals surface area contributed by atoms with Gasteiger partial charge < -0.3 is 0 Å². The molecule has 0 saturated carbocycles. The summed E-state index contributed by atoms with van der Waals surface area (Å²) < 4.78 is 1.52. The molecule has 0 aromatic carbocycles. The van der Waals surface area contributed by atoms with E-state index in [1.165, 1.54) is 4.52 Å². The lowest BCUT2D eigenvalue weighted by molar-refractivity contribution is 0.876. The van der Waals surface area contributed by atoms with Gasteiger partial charge in [-0.2, -0.15) is 4.52 Å². The van der Waals surface area contributed by atoms with Crippen molar-refractivity contribution < 1.29 is 0 Å². The first-order valence-corrected chi connectivity index (χ1v) is 5.72. The second-order valence-electron chi connectivity index (χ2n) is 4.37. The summed E-state index contributed by atoms with van der Waals surface area (Å²) in [7, 11) is 0. The van der Waals surface area contributed by atoms with Gasteiger partial charge in [0.1, 0.15) is 0 Å². The van der Waals surface area contributed by atoms with Gasteiger partial charge in [0, 0.05) is 11.8 Å². The second-order valence-corrected chi connectivity index (χ2v) is 4.37. The molecule has 0 atom stereocenters. The molecular weight excluding hydrogens is 216 g/mol. The third-order valence-electron chi connectivity index (χ3n) is 3.37. The first-order chi connectivity index (χ1) is 8.34. The van der Waals surface area contributed by atoms with Crippen LogP contribution in [0.5, 0.6) is 0 Å². The molecule has 0 aliphatic heterocycles. The molecule has 1 aliphatic rings. The smallest absolute Gasteiger partial charge is 0.272 e. The minimum absolute atomic E-state index is 0.0282. The first kappa shape index (κ1) is 8.92. The Balaban J connectivity index is 2.28. The van der Waals surface area contributed by atoms with Gasteiger partial charge in [0.2, 0.25) is 0 Å². The van der Waals surface area contributed by atoms with E-state index in [9.17, 15) is 4.79 Å². The maximum absolute atomic E-state index is 12.3. The molecule has 17 heavy (non-hydrogen) atoms. The van der Waals surface area contributed by atoms with Gasteiger partial charge in [-0.15, -0.1) is 0 Å². The van der Waals surface area contributed by atoms with E-state index in [4.69, 9.17) is 0 Å². The summed E-state index contributed by atoms with van der Waals surface area (Å²) in [5, 5.41) is 3.91. The molecule has 84 valence electrons. The normalized spacial score (nSPS) is 14.6. The van der Waals surface area contributed by atoms with Crippen LogP contribution < -0.4 is 5.56 Å². The standard InChI is InChI=1S/C12H10N4O/c17-12-7-3-1-5-9(7)14-11-8-4-2-6-13-10(8)15-16(11)12/h2,4,6H,1,3,5H2,(H,13,15). The summed E-state index contributed by atoms with van der Waals surface area (Å²) in [5.41, 5.74) is 3.24. The Labute approximate surface area is 96.1 Å². The number of aryl methyl sites for hydroxylation is 1. The van der Waals surface area contributed by atoms with Gasteiger partial charge in [-0.3, -0.25) is 9.89 Å². The number of pyridine rings is 1. The van der Waals surface area contributed by atoms with Gasteiger partial charge in [0.25, 0.3) is 5.56 Å². The molecule has 0 unspecified atom stereocenters. The van der Waals surface area contributed by atoms with Gasteiger partial charge in [-0.25, -0.2) is 9.97 Å². The molecule has 0 saturated heterocycles. The summed E-state index contributed by atoms with van der Waals surface area (Å²) >= 11 is 0. The summed E-state index contributed by atoms with van der Waals surface area (Å²) in [6.07, 6.45) is 4.48. The molecule has 3 aromatic rings. The zero-order valence-corrected chi connectivity index (χ0v) is 9.10. The lowest BCUT2D eigenvalue weighted by atomic mass is 10.2. The van der Waals surface area contributed by atoms with Crippen LogP contribution in [0.4, 0.5) is 0 Å². The fourth-order valence-corrected chi connectivity index (χ4v) is 2.56. The quantitative estimate of drug-likeness (QED) is 0.623. The Hall–Kier alpha value is -2.17.